The molecule has 0 unspecified atom stereocenters. The summed E-state index contributed by atoms with van der Waals surface area (Å²) in [5.41, 5.74) is 13.5. The number of amides is 2. The van der Waals surface area contributed by atoms with E-state index in [4.69, 9.17) is 11.5 Å². The monoisotopic (exact) mass is 408 g/mol. The lowest BCUT2D eigenvalue weighted by molar-refractivity contribution is -0.118. The van der Waals surface area contributed by atoms with E-state index in [9.17, 15) is 14.9 Å². The number of nitrogens with two attached hydrogens (primary N) is 2. The molecule has 156 valence electrons. The SMILES string of the molecule is CCCCN1C(=O)Cc2c1nc(N)c1c(N)nc(N3CCN(C=O)CC3)c(C#N)c21. The molecule has 0 spiro atoms. The van der Waals surface area contributed by atoms with Gasteiger partial charge in [0.2, 0.25) is 12.3 Å². The maximum Gasteiger partial charge on any atom is 0.232 e. The molecule has 4 rings (SSSR count). The van der Waals surface area contributed by atoms with Crippen LogP contribution in [0.1, 0.15) is 30.9 Å². The smallest absolute Gasteiger partial charge is 0.232 e. The quantitative estimate of drug-likeness (QED) is 0.685. The molecule has 0 radical (unpaired) electrons. The summed E-state index contributed by atoms with van der Waals surface area (Å²) in [5, 5.41) is 11.0. The van der Waals surface area contributed by atoms with Crippen LogP contribution in [0.5, 0.6) is 0 Å². The number of unbranched alkanes of at least 4 members (excludes halogenated alkanes) is 1. The Morgan fingerprint density at radius 1 is 1.10 bits per heavy atom. The standard InChI is InChI=1S/C20H24N8O2/c1-2-3-4-28-14(30)9-12-15-13(10-21)19(27-7-5-26(11-29)6-8-27)24-17(22)16(15)18(23)25-20(12)28/h11H,2-9H2,1H3,(H2,22,24)(H2,23,25). The highest BCUT2D eigenvalue weighted by molar-refractivity contribution is 6.13. The summed E-state index contributed by atoms with van der Waals surface area (Å²) in [7, 11) is 0. The largest absolute Gasteiger partial charge is 0.383 e. The normalized spacial score (nSPS) is 16.1. The van der Waals surface area contributed by atoms with Crippen molar-refractivity contribution in [2.45, 2.75) is 26.2 Å². The molecule has 10 heteroatoms. The van der Waals surface area contributed by atoms with Crippen molar-refractivity contribution >= 4 is 46.4 Å². The van der Waals surface area contributed by atoms with E-state index in [-0.39, 0.29) is 24.0 Å². The number of nitrogen functional groups attached to an aromatic ring is 2. The molecule has 1 saturated heterocycles. The van der Waals surface area contributed by atoms with Crippen LogP contribution >= 0.6 is 0 Å². The van der Waals surface area contributed by atoms with Crippen LogP contribution in [0.2, 0.25) is 0 Å². The topological polar surface area (TPSA) is 145 Å². The molecule has 2 amide bonds. The summed E-state index contributed by atoms with van der Waals surface area (Å²) in [6, 6.07) is 2.26. The van der Waals surface area contributed by atoms with E-state index in [0.717, 1.165) is 19.3 Å². The minimum Gasteiger partial charge on any atom is -0.383 e. The van der Waals surface area contributed by atoms with Crippen molar-refractivity contribution in [1.29, 1.82) is 5.26 Å². The van der Waals surface area contributed by atoms with Gasteiger partial charge in [-0.15, -0.1) is 0 Å². The van der Waals surface area contributed by atoms with Crippen molar-refractivity contribution < 1.29 is 9.59 Å². The van der Waals surface area contributed by atoms with Gasteiger partial charge in [0.25, 0.3) is 0 Å². The highest BCUT2D eigenvalue weighted by Gasteiger charge is 2.34. The average molecular weight is 408 g/mol. The fourth-order valence-electron chi connectivity index (χ4n) is 4.18. The Bertz CT molecular complexity index is 1070. The summed E-state index contributed by atoms with van der Waals surface area (Å²) in [6.45, 7) is 4.76. The Hall–Kier alpha value is -3.61. The van der Waals surface area contributed by atoms with E-state index in [0.29, 0.717) is 66.3 Å². The van der Waals surface area contributed by atoms with Gasteiger partial charge < -0.3 is 21.3 Å². The van der Waals surface area contributed by atoms with Crippen molar-refractivity contribution in [1.82, 2.24) is 14.9 Å². The van der Waals surface area contributed by atoms with E-state index >= 15 is 0 Å². The van der Waals surface area contributed by atoms with Gasteiger partial charge in [0.05, 0.1) is 11.8 Å². The number of aromatic nitrogens is 2. The third kappa shape index (κ3) is 3.03. The first-order valence-corrected chi connectivity index (χ1v) is 10.1. The number of fused-ring (bicyclic) bond motifs is 3. The molecule has 10 nitrogen and oxygen atoms in total. The molecular weight excluding hydrogens is 384 g/mol. The van der Waals surface area contributed by atoms with Crippen LogP contribution in [-0.4, -0.2) is 59.9 Å². The highest BCUT2D eigenvalue weighted by Crippen LogP contribution is 2.41. The number of nitriles is 1. The summed E-state index contributed by atoms with van der Waals surface area (Å²) < 4.78 is 0. The van der Waals surface area contributed by atoms with Gasteiger partial charge in [-0.1, -0.05) is 13.3 Å². The zero-order chi connectivity index (χ0) is 21.4. The van der Waals surface area contributed by atoms with E-state index in [1.807, 2.05) is 4.90 Å². The number of piperazine rings is 1. The third-order valence-corrected chi connectivity index (χ3v) is 5.75. The van der Waals surface area contributed by atoms with Gasteiger partial charge in [-0.3, -0.25) is 14.5 Å². The highest BCUT2D eigenvalue weighted by atomic mass is 16.2. The van der Waals surface area contributed by atoms with Crippen LogP contribution in [0.25, 0.3) is 10.8 Å². The maximum absolute atomic E-state index is 12.7. The molecule has 2 aromatic heterocycles. The van der Waals surface area contributed by atoms with Crippen LogP contribution < -0.4 is 21.3 Å². The van der Waals surface area contributed by atoms with Gasteiger partial charge in [0.1, 0.15) is 34.9 Å². The number of pyridine rings is 2. The van der Waals surface area contributed by atoms with Crippen LogP contribution in [0.4, 0.5) is 23.3 Å². The number of carbonyl (C=O) groups excluding carboxylic acids is 2. The van der Waals surface area contributed by atoms with E-state index < -0.39 is 0 Å². The van der Waals surface area contributed by atoms with Gasteiger partial charge in [-0.05, 0) is 6.42 Å². The number of carbonyl (C=O) groups is 2. The Morgan fingerprint density at radius 3 is 2.37 bits per heavy atom. The van der Waals surface area contributed by atoms with E-state index in [1.165, 1.54) is 0 Å². The predicted molar refractivity (Wildman–Crippen MR) is 114 cm³/mol. The maximum atomic E-state index is 12.7. The Kier molecular flexibility index (Phi) is 5.03. The number of hydrogen-bond donors (Lipinski definition) is 2. The minimum atomic E-state index is -0.0572. The molecule has 0 atom stereocenters. The molecule has 4 N–H and O–H groups in total. The fourth-order valence-corrected chi connectivity index (χ4v) is 4.18. The summed E-state index contributed by atoms with van der Waals surface area (Å²) in [4.78, 5) is 37.9. The lowest BCUT2D eigenvalue weighted by Crippen LogP contribution is -2.46. The van der Waals surface area contributed by atoms with Crippen LogP contribution in [0, 0.1) is 11.3 Å². The molecule has 1 fully saturated rings. The molecule has 0 saturated carbocycles. The first-order chi connectivity index (χ1) is 14.5. The molecule has 30 heavy (non-hydrogen) atoms. The van der Waals surface area contributed by atoms with Crippen molar-refractivity contribution in [3.63, 3.8) is 0 Å². The van der Waals surface area contributed by atoms with Gasteiger partial charge in [-0.2, -0.15) is 5.26 Å². The average Bonchev–Trinajstić information content (AvgIpc) is 3.06. The predicted octanol–water partition coefficient (Wildman–Crippen LogP) is 0.633. The number of anilines is 4. The molecule has 2 aromatic rings. The van der Waals surface area contributed by atoms with Crippen molar-refractivity contribution in [2.75, 3.05) is 54.0 Å². The second kappa shape index (κ2) is 7.67. The van der Waals surface area contributed by atoms with Gasteiger partial charge in [0.15, 0.2) is 0 Å². The first-order valence-electron chi connectivity index (χ1n) is 10.1. The fraction of sp³-hybridized carbons (Fsp3) is 0.450. The number of nitrogens with zero attached hydrogens (tertiary/aromatic N) is 6. The second-order valence-corrected chi connectivity index (χ2v) is 7.56. The van der Waals surface area contributed by atoms with Gasteiger partial charge >= 0.3 is 0 Å². The zero-order valence-electron chi connectivity index (χ0n) is 16.9. The van der Waals surface area contributed by atoms with E-state index in [1.54, 1.807) is 9.80 Å². The minimum absolute atomic E-state index is 0.0572. The van der Waals surface area contributed by atoms with Crippen LogP contribution in [0.3, 0.4) is 0 Å². The Balaban J connectivity index is 1.90. The molecular formula is C20H24N8O2. The van der Waals surface area contributed by atoms with Crippen LogP contribution in [0.15, 0.2) is 0 Å². The van der Waals surface area contributed by atoms with Crippen molar-refractivity contribution in [3.8, 4) is 6.07 Å². The summed E-state index contributed by atoms with van der Waals surface area (Å²) in [5.74, 6) is 1.26. The van der Waals surface area contributed by atoms with Gasteiger partial charge in [-0.25, -0.2) is 9.97 Å². The molecule has 2 aliphatic rings. The zero-order valence-corrected chi connectivity index (χ0v) is 16.9. The molecule has 4 heterocycles. The summed E-state index contributed by atoms with van der Waals surface area (Å²) >= 11 is 0. The Labute approximate surface area is 174 Å². The second-order valence-electron chi connectivity index (χ2n) is 7.56. The number of hydrogen-bond acceptors (Lipinski definition) is 8. The molecule has 0 aromatic carbocycles. The molecule has 0 aliphatic carbocycles. The van der Waals surface area contributed by atoms with E-state index in [2.05, 4.69) is 23.0 Å². The lowest BCUT2D eigenvalue weighted by atomic mass is 10.00. The van der Waals surface area contributed by atoms with Crippen molar-refractivity contribution in [3.05, 3.63) is 11.1 Å². The number of rotatable bonds is 5. The summed E-state index contributed by atoms with van der Waals surface area (Å²) in [6.07, 6.45) is 2.76. The van der Waals surface area contributed by atoms with Gasteiger partial charge in [0, 0.05) is 43.7 Å². The van der Waals surface area contributed by atoms with Crippen molar-refractivity contribution in [2.24, 2.45) is 0 Å². The molecule has 2 aliphatic heterocycles. The molecule has 0 bridgehead atoms. The Morgan fingerprint density at radius 2 is 1.77 bits per heavy atom. The van der Waals surface area contributed by atoms with Crippen LogP contribution in [-0.2, 0) is 16.0 Å². The lowest BCUT2D eigenvalue weighted by Gasteiger charge is -2.34. The first kappa shape index (κ1) is 19.7. The third-order valence-electron chi connectivity index (χ3n) is 5.75.